The molecule has 2 nitrogen and oxygen atoms in total. The Morgan fingerprint density at radius 3 is 2.40 bits per heavy atom. The van der Waals surface area contributed by atoms with Crippen molar-refractivity contribution in [2.45, 2.75) is 84.7 Å². The van der Waals surface area contributed by atoms with Gasteiger partial charge in [0.1, 0.15) is 0 Å². The van der Waals surface area contributed by atoms with Crippen molar-refractivity contribution in [1.29, 1.82) is 0 Å². The van der Waals surface area contributed by atoms with Crippen LogP contribution < -0.4 is 0 Å². The standard InChI is InChI=1S/C28H38O2/c1-5-8-12-19-30-28(26(29)20-22(7-3)15-9-6-2)25-18-11-10-16-23(25)24-17-13-14-21(4)27(24)28/h10-11,13-14,16-18,22H,5-9,12,15,19-20H2,1-4H3. The molecule has 0 aromatic heterocycles. The summed E-state index contributed by atoms with van der Waals surface area (Å²) in [5.74, 6) is 0.663. The van der Waals surface area contributed by atoms with Gasteiger partial charge < -0.3 is 4.74 Å². The van der Waals surface area contributed by atoms with Gasteiger partial charge in [-0.1, -0.05) is 102 Å². The molecule has 2 aromatic rings. The molecule has 0 N–H and O–H groups in total. The number of hydrogen-bond donors (Lipinski definition) is 0. The Balaban J connectivity index is 2.07. The molecule has 2 unspecified atom stereocenters. The van der Waals surface area contributed by atoms with Gasteiger partial charge in [-0.15, -0.1) is 0 Å². The number of Topliss-reactive ketones (excluding diaryl/α,β-unsaturated/α-hetero) is 1. The molecule has 0 aliphatic heterocycles. The van der Waals surface area contributed by atoms with Gasteiger partial charge in [0.2, 0.25) is 0 Å². The van der Waals surface area contributed by atoms with E-state index < -0.39 is 5.60 Å². The average Bonchev–Trinajstić information content (AvgIpc) is 3.06. The maximum Gasteiger partial charge on any atom is 0.177 e. The number of fused-ring (bicyclic) bond motifs is 3. The first-order chi connectivity index (χ1) is 14.6. The van der Waals surface area contributed by atoms with E-state index in [0.29, 0.717) is 18.9 Å². The van der Waals surface area contributed by atoms with Crippen molar-refractivity contribution >= 4 is 5.78 Å². The number of hydrogen-bond acceptors (Lipinski definition) is 2. The molecule has 2 heteroatoms. The monoisotopic (exact) mass is 406 g/mol. The molecule has 0 fully saturated rings. The molecule has 0 saturated carbocycles. The number of ketones is 1. The maximum atomic E-state index is 14.1. The van der Waals surface area contributed by atoms with E-state index in [2.05, 4.69) is 64.1 Å². The van der Waals surface area contributed by atoms with Gasteiger partial charge in [0, 0.05) is 24.2 Å². The Morgan fingerprint density at radius 1 is 0.933 bits per heavy atom. The van der Waals surface area contributed by atoms with Crippen LogP contribution in [0.4, 0.5) is 0 Å². The lowest BCUT2D eigenvalue weighted by Gasteiger charge is -2.33. The first kappa shape index (κ1) is 22.7. The minimum atomic E-state index is -0.954. The molecule has 0 saturated heterocycles. The van der Waals surface area contributed by atoms with E-state index in [4.69, 9.17) is 4.74 Å². The quantitative estimate of drug-likeness (QED) is 0.339. The molecule has 0 amide bonds. The highest BCUT2D eigenvalue weighted by atomic mass is 16.5. The van der Waals surface area contributed by atoms with Crippen LogP contribution in [0.5, 0.6) is 0 Å². The normalized spacial score (nSPS) is 18.1. The van der Waals surface area contributed by atoms with E-state index in [1.54, 1.807) is 0 Å². The van der Waals surface area contributed by atoms with E-state index in [1.165, 1.54) is 12.8 Å². The van der Waals surface area contributed by atoms with Gasteiger partial charge in [-0.05, 0) is 36.0 Å². The Labute approximate surface area is 183 Å². The van der Waals surface area contributed by atoms with Crippen LogP contribution in [0.3, 0.4) is 0 Å². The third kappa shape index (κ3) is 4.25. The molecule has 30 heavy (non-hydrogen) atoms. The number of carbonyl (C=O) groups excluding carboxylic acids is 1. The number of unbranched alkanes of at least 4 members (excludes halogenated alkanes) is 3. The summed E-state index contributed by atoms with van der Waals surface area (Å²) in [4.78, 5) is 14.1. The van der Waals surface area contributed by atoms with Gasteiger partial charge in [0.05, 0.1) is 0 Å². The van der Waals surface area contributed by atoms with E-state index in [0.717, 1.165) is 59.9 Å². The molecule has 0 spiro atoms. The molecule has 3 rings (SSSR count). The van der Waals surface area contributed by atoms with Crippen molar-refractivity contribution in [3.8, 4) is 11.1 Å². The van der Waals surface area contributed by atoms with E-state index >= 15 is 0 Å². The highest BCUT2D eigenvalue weighted by molar-refractivity contribution is 6.01. The molecule has 0 radical (unpaired) electrons. The predicted molar refractivity (Wildman–Crippen MR) is 126 cm³/mol. The van der Waals surface area contributed by atoms with Crippen LogP contribution in [0.1, 0.15) is 88.8 Å². The second kappa shape index (κ2) is 10.4. The Kier molecular flexibility index (Phi) is 7.88. The maximum absolute atomic E-state index is 14.1. The van der Waals surface area contributed by atoms with Crippen molar-refractivity contribution in [2.75, 3.05) is 6.61 Å². The summed E-state index contributed by atoms with van der Waals surface area (Å²) in [6.07, 6.45) is 8.36. The van der Waals surface area contributed by atoms with Crippen LogP contribution in [0, 0.1) is 12.8 Å². The Morgan fingerprint density at radius 2 is 1.67 bits per heavy atom. The first-order valence-corrected chi connectivity index (χ1v) is 12.0. The third-order valence-corrected chi connectivity index (χ3v) is 6.70. The minimum Gasteiger partial charge on any atom is -0.358 e. The summed E-state index contributed by atoms with van der Waals surface area (Å²) in [7, 11) is 0. The number of rotatable bonds is 12. The molecule has 0 heterocycles. The van der Waals surface area contributed by atoms with Gasteiger partial charge in [-0.25, -0.2) is 0 Å². The lowest BCUT2D eigenvalue weighted by Crippen LogP contribution is -2.40. The zero-order chi connectivity index (χ0) is 21.6. The fourth-order valence-corrected chi connectivity index (χ4v) is 4.97. The molecule has 2 aromatic carbocycles. The topological polar surface area (TPSA) is 26.3 Å². The van der Waals surface area contributed by atoms with Crippen LogP contribution in [0.2, 0.25) is 0 Å². The summed E-state index contributed by atoms with van der Waals surface area (Å²) >= 11 is 0. The highest BCUT2D eigenvalue weighted by Gasteiger charge is 2.50. The van der Waals surface area contributed by atoms with Gasteiger partial charge in [-0.3, -0.25) is 4.79 Å². The number of aryl methyl sites for hydroxylation is 1. The van der Waals surface area contributed by atoms with Gasteiger partial charge >= 0.3 is 0 Å². The summed E-state index contributed by atoms with van der Waals surface area (Å²) in [5.41, 5.74) is 4.64. The Bertz CT molecular complexity index is 853. The van der Waals surface area contributed by atoms with Crippen molar-refractivity contribution in [2.24, 2.45) is 5.92 Å². The summed E-state index contributed by atoms with van der Waals surface area (Å²) in [6, 6.07) is 14.7. The summed E-state index contributed by atoms with van der Waals surface area (Å²) in [5, 5.41) is 0. The summed E-state index contributed by atoms with van der Waals surface area (Å²) < 4.78 is 6.69. The van der Waals surface area contributed by atoms with Crippen LogP contribution >= 0.6 is 0 Å². The molecular weight excluding hydrogens is 368 g/mol. The van der Waals surface area contributed by atoms with E-state index in [1.807, 2.05) is 6.07 Å². The SMILES string of the molecule is CCCCCOC1(C(=O)CC(CC)CCCC)c2ccccc2-c2cccc(C)c21. The number of ether oxygens (including phenoxy) is 1. The Hall–Kier alpha value is -1.93. The van der Waals surface area contributed by atoms with Gasteiger partial charge in [0.25, 0.3) is 0 Å². The molecule has 1 aliphatic carbocycles. The first-order valence-electron chi connectivity index (χ1n) is 12.0. The predicted octanol–water partition coefficient (Wildman–Crippen LogP) is 7.60. The van der Waals surface area contributed by atoms with Crippen LogP contribution in [0.25, 0.3) is 11.1 Å². The fraction of sp³-hybridized carbons (Fsp3) is 0.536. The van der Waals surface area contributed by atoms with Gasteiger partial charge in [0.15, 0.2) is 11.4 Å². The molecule has 1 aliphatic rings. The highest BCUT2D eigenvalue weighted by Crippen LogP contribution is 2.52. The second-order valence-corrected chi connectivity index (χ2v) is 8.82. The van der Waals surface area contributed by atoms with E-state index in [-0.39, 0.29) is 5.78 Å². The molecule has 0 bridgehead atoms. The zero-order valence-corrected chi connectivity index (χ0v) is 19.3. The lowest BCUT2D eigenvalue weighted by molar-refractivity contribution is -0.141. The van der Waals surface area contributed by atoms with Crippen LogP contribution in [-0.4, -0.2) is 12.4 Å². The van der Waals surface area contributed by atoms with Gasteiger partial charge in [-0.2, -0.15) is 0 Å². The smallest absolute Gasteiger partial charge is 0.177 e. The van der Waals surface area contributed by atoms with Crippen molar-refractivity contribution in [3.63, 3.8) is 0 Å². The zero-order valence-electron chi connectivity index (χ0n) is 19.3. The van der Waals surface area contributed by atoms with Crippen LogP contribution in [0.15, 0.2) is 42.5 Å². The molecule has 162 valence electrons. The van der Waals surface area contributed by atoms with Crippen molar-refractivity contribution in [1.82, 2.24) is 0 Å². The average molecular weight is 407 g/mol. The second-order valence-electron chi connectivity index (χ2n) is 8.82. The molecular formula is C28H38O2. The van der Waals surface area contributed by atoms with Crippen LogP contribution in [-0.2, 0) is 15.1 Å². The van der Waals surface area contributed by atoms with E-state index in [9.17, 15) is 4.79 Å². The van der Waals surface area contributed by atoms with Crippen molar-refractivity contribution < 1.29 is 9.53 Å². The minimum absolute atomic E-state index is 0.238. The number of carbonyl (C=O) groups is 1. The number of benzene rings is 2. The lowest BCUT2D eigenvalue weighted by atomic mass is 9.79. The largest absolute Gasteiger partial charge is 0.358 e. The van der Waals surface area contributed by atoms with Crippen molar-refractivity contribution in [3.05, 3.63) is 59.2 Å². The third-order valence-electron chi connectivity index (χ3n) is 6.70. The molecule has 2 atom stereocenters. The summed E-state index contributed by atoms with van der Waals surface area (Å²) in [6.45, 7) is 9.37. The fourth-order valence-electron chi connectivity index (χ4n) is 4.97.